The highest BCUT2D eigenvalue weighted by molar-refractivity contribution is 6.30. The van der Waals surface area contributed by atoms with Crippen LogP contribution in [0.25, 0.3) is 0 Å². The Morgan fingerprint density at radius 3 is 2.90 bits per heavy atom. The molecule has 0 bridgehead atoms. The third kappa shape index (κ3) is 3.33. The van der Waals surface area contributed by atoms with Crippen LogP contribution in [0, 0.1) is 5.82 Å². The average Bonchev–Trinajstić information content (AvgIpc) is 2.82. The molecule has 1 aliphatic rings. The number of nitrogens with one attached hydrogen (secondary N) is 1. The van der Waals surface area contributed by atoms with Crippen LogP contribution in [-0.4, -0.2) is 37.9 Å². The molecule has 0 unspecified atom stereocenters. The van der Waals surface area contributed by atoms with Crippen LogP contribution in [0.2, 0.25) is 5.02 Å². The molecule has 116 valence electrons. The monoisotopic (exact) mass is 319 g/mol. The minimum absolute atomic E-state index is 0.0121. The SMILES string of the molecule is CO[C@H]1[C@@H](C(=O)O[C@H](C)c2cccc(Cl)c2F)NC[C@@H]1F. The molecule has 0 saturated carbocycles. The van der Waals surface area contributed by atoms with E-state index in [1.165, 1.54) is 26.2 Å². The molecule has 1 fully saturated rings. The van der Waals surface area contributed by atoms with Gasteiger partial charge in [0.1, 0.15) is 30.2 Å². The number of carbonyl (C=O) groups is 1. The van der Waals surface area contributed by atoms with Crippen LogP contribution in [0.15, 0.2) is 18.2 Å². The highest BCUT2D eigenvalue weighted by atomic mass is 35.5. The molecule has 4 nitrogen and oxygen atoms in total. The highest BCUT2D eigenvalue weighted by Crippen LogP contribution is 2.26. The summed E-state index contributed by atoms with van der Waals surface area (Å²) in [6, 6.07) is 3.54. The molecule has 1 heterocycles. The Bertz CT molecular complexity index is 529. The maximum Gasteiger partial charge on any atom is 0.326 e. The van der Waals surface area contributed by atoms with Crippen molar-refractivity contribution in [1.82, 2.24) is 5.32 Å². The molecule has 0 aromatic heterocycles. The van der Waals surface area contributed by atoms with Crippen molar-refractivity contribution in [2.75, 3.05) is 13.7 Å². The van der Waals surface area contributed by atoms with E-state index in [2.05, 4.69) is 5.32 Å². The minimum atomic E-state index is -1.29. The van der Waals surface area contributed by atoms with E-state index >= 15 is 0 Å². The van der Waals surface area contributed by atoms with Crippen molar-refractivity contribution in [2.45, 2.75) is 31.3 Å². The van der Waals surface area contributed by atoms with Crippen molar-refractivity contribution in [3.63, 3.8) is 0 Å². The lowest BCUT2D eigenvalue weighted by atomic mass is 10.1. The third-order valence-corrected chi connectivity index (χ3v) is 3.75. The fourth-order valence-electron chi connectivity index (χ4n) is 2.33. The summed E-state index contributed by atoms with van der Waals surface area (Å²) in [6.07, 6.45) is -3.03. The van der Waals surface area contributed by atoms with Gasteiger partial charge in [-0.05, 0) is 13.0 Å². The molecule has 0 aliphatic carbocycles. The summed E-state index contributed by atoms with van der Waals surface area (Å²) in [5.74, 6) is -1.32. The van der Waals surface area contributed by atoms with Crippen molar-refractivity contribution in [3.8, 4) is 0 Å². The first-order chi connectivity index (χ1) is 9.95. The summed E-state index contributed by atoms with van der Waals surface area (Å²) in [6.45, 7) is 1.54. The second kappa shape index (κ2) is 6.68. The molecule has 4 atom stereocenters. The number of esters is 1. The smallest absolute Gasteiger partial charge is 0.326 e. The molecule has 0 amide bonds. The van der Waals surface area contributed by atoms with Crippen LogP contribution < -0.4 is 5.32 Å². The largest absolute Gasteiger partial charge is 0.456 e. The molecule has 0 spiro atoms. The summed E-state index contributed by atoms with van der Waals surface area (Å²) in [4.78, 5) is 12.1. The second-order valence-corrected chi connectivity index (χ2v) is 5.23. The van der Waals surface area contributed by atoms with E-state index in [-0.39, 0.29) is 17.1 Å². The van der Waals surface area contributed by atoms with Gasteiger partial charge in [-0.2, -0.15) is 0 Å². The number of alkyl halides is 1. The summed E-state index contributed by atoms with van der Waals surface area (Å²) in [7, 11) is 1.32. The highest BCUT2D eigenvalue weighted by Gasteiger charge is 2.42. The Balaban J connectivity index is 2.07. The lowest BCUT2D eigenvalue weighted by Crippen LogP contribution is -2.42. The van der Waals surface area contributed by atoms with Crippen LogP contribution in [-0.2, 0) is 14.3 Å². The van der Waals surface area contributed by atoms with Crippen molar-refractivity contribution in [2.24, 2.45) is 0 Å². The Labute approximate surface area is 126 Å². The molecular formula is C14H16ClF2NO3. The van der Waals surface area contributed by atoms with Gasteiger partial charge in [-0.25, -0.2) is 8.78 Å². The zero-order valence-corrected chi connectivity index (χ0v) is 12.4. The maximum atomic E-state index is 13.9. The molecule has 1 saturated heterocycles. The topological polar surface area (TPSA) is 47.6 Å². The first-order valence-electron chi connectivity index (χ1n) is 6.50. The lowest BCUT2D eigenvalue weighted by molar-refractivity contribution is -0.154. The van der Waals surface area contributed by atoms with Gasteiger partial charge in [0.05, 0.1) is 5.02 Å². The Hall–Kier alpha value is -1.24. The normalized spacial score (nSPS) is 26.6. The van der Waals surface area contributed by atoms with Gasteiger partial charge in [-0.15, -0.1) is 0 Å². The summed E-state index contributed by atoms with van der Waals surface area (Å²) >= 11 is 5.69. The number of ether oxygens (including phenoxy) is 2. The number of methoxy groups -OCH3 is 1. The van der Waals surface area contributed by atoms with Gasteiger partial charge < -0.3 is 9.47 Å². The average molecular weight is 320 g/mol. The van der Waals surface area contributed by atoms with Crippen molar-refractivity contribution in [1.29, 1.82) is 0 Å². The molecule has 2 rings (SSSR count). The Morgan fingerprint density at radius 2 is 2.24 bits per heavy atom. The van der Waals surface area contributed by atoms with E-state index in [0.717, 1.165) is 0 Å². The molecule has 0 radical (unpaired) electrons. The third-order valence-electron chi connectivity index (χ3n) is 3.46. The number of carbonyl (C=O) groups excluding carboxylic acids is 1. The van der Waals surface area contributed by atoms with E-state index < -0.39 is 36.2 Å². The van der Waals surface area contributed by atoms with Gasteiger partial charge in [-0.3, -0.25) is 10.1 Å². The van der Waals surface area contributed by atoms with Crippen LogP contribution in [0.5, 0.6) is 0 Å². The van der Waals surface area contributed by atoms with Gasteiger partial charge in [0.15, 0.2) is 0 Å². The van der Waals surface area contributed by atoms with Crippen LogP contribution in [0.3, 0.4) is 0 Å². The van der Waals surface area contributed by atoms with Crippen molar-refractivity contribution >= 4 is 17.6 Å². The van der Waals surface area contributed by atoms with Gasteiger partial charge in [0.2, 0.25) is 0 Å². The van der Waals surface area contributed by atoms with E-state index in [9.17, 15) is 13.6 Å². The number of halogens is 3. The fourth-order valence-corrected chi connectivity index (χ4v) is 2.51. The quantitative estimate of drug-likeness (QED) is 0.866. The first-order valence-corrected chi connectivity index (χ1v) is 6.88. The predicted octanol–water partition coefficient (Wildman–Crippen LogP) is 2.41. The van der Waals surface area contributed by atoms with E-state index in [1.54, 1.807) is 6.07 Å². The van der Waals surface area contributed by atoms with Crippen molar-refractivity contribution < 1.29 is 23.0 Å². The minimum Gasteiger partial charge on any atom is -0.456 e. The van der Waals surface area contributed by atoms with Gasteiger partial charge in [0.25, 0.3) is 0 Å². The van der Waals surface area contributed by atoms with Crippen molar-refractivity contribution in [3.05, 3.63) is 34.6 Å². The first kappa shape index (κ1) is 16.1. The van der Waals surface area contributed by atoms with E-state index in [1.807, 2.05) is 0 Å². The molecular weight excluding hydrogens is 304 g/mol. The molecule has 1 aromatic carbocycles. The zero-order valence-electron chi connectivity index (χ0n) is 11.6. The van der Waals surface area contributed by atoms with Gasteiger partial charge in [-0.1, -0.05) is 23.7 Å². The number of hydrogen-bond acceptors (Lipinski definition) is 4. The molecule has 1 aliphatic heterocycles. The molecule has 21 heavy (non-hydrogen) atoms. The summed E-state index contributed by atoms with van der Waals surface area (Å²) in [5, 5.41) is 2.65. The van der Waals surface area contributed by atoms with Gasteiger partial charge in [0, 0.05) is 19.2 Å². The molecule has 7 heteroatoms. The summed E-state index contributed by atoms with van der Waals surface area (Å²) < 4.78 is 37.5. The van der Waals surface area contributed by atoms with E-state index in [4.69, 9.17) is 21.1 Å². The van der Waals surface area contributed by atoms with Crippen LogP contribution in [0.1, 0.15) is 18.6 Å². The Kier molecular flexibility index (Phi) is 5.13. The number of benzene rings is 1. The molecule has 1 aromatic rings. The molecule has 1 N–H and O–H groups in total. The fraction of sp³-hybridized carbons (Fsp3) is 0.500. The Morgan fingerprint density at radius 1 is 1.52 bits per heavy atom. The number of rotatable bonds is 4. The predicted molar refractivity (Wildman–Crippen MR) is 73.4 cm³/mol. The lowest BCUT2D eigenvalue weighted by Gasteiger charge is -2.21. The number of hydrogen-bond donors (Lipinski definition) is 1. The zero-order chi connectivity index (χ0) is 15.6. The summed E-state index contributed by atoms with van der Waals surface area (Å²) in [5.41, 5.74) is 0.166. The maximum absolute atomic E-state index is 13.9. The van der Waals surface area contributed by atoms with Crippen LogP contribution in [0.4, 0.5) is 8.78 Å². The van der Waals surface area contributed by atoms with Crippen LogP contribution >= 0.6 is 11.6 Å². The van der Waals surface area contributed by atoms with Gasteiger partial charge >= 0.3 is 5.97 Å². The second-order valence-electron chi connectivity index (χ2n) is 4.82. The van der Waals surface area contributed by atoms with E-state index in [0.29, 0.717) is 0 Å². The standard InChI is InChI=1S/C14H16ClF2NO3/c1-7(8-4-3-5-9(15)11(8)17)21-14(19)12-13(20-2)10(16)6-18-12/h3-5,7,10,12-13,18H,6H2,1-2H3/t7-,10+,12+,13-/m1/s1.